The number of benzene rings is 1. The third-order valence-electron chi connectivity index (χ3n) is 9.24. The monoisotopic (exact) mass is 577 g/mol. The van der Waals surface area contributed by atoms with Gasteiger partial charge in [-0.05, 0) is 107 Å². The number of halogens is 1. The van der Waals surface area contributed by atoms with Crippen molar-refractivity contribution >= 4 is 35.7 Å². The predicted molar refractivity (Wildman–Crippen MR) is 169 cm³/mol. The van der Waals surface area contributed by atoms with Gasteiger partial charge in [-0.15, -0.1) is 12.4 Å². The molecule has 4 nitrogen and oxygen atoms in total. The van der Waals surface area contributed by atoms with Gasteiger partial charge in [0.1, 0.15) is 17.1 Å². The SMILES string of the molecule is CCCCCC(C)C(C)c1cc(OC(=O)C(C)(C)CCN2CCCCC2)c2c(c1)OC(C)(C)C1=C2CSC1.Cl. The van der Waals surface area contributed by atoms with Gasteiger partial charge in [0.05, 0.1) is 11.0 Å². The number of carbonyl (C=O) groups is 1. The fourth-order valence-electron chi connectivity index (χ4n) is 6.11. The zero-order valence-corrected chi connectivity index (χ0v) is 27.1. The molecular formula is C33H52ClNO3S. The minimum atomic E-state index is -0.546. The van der Waals surface area contributed by atoms with Crippen molar-refractivity contribution in [2.24, 2.45) is 11.3 Å². The van der Waals surface area contributed by atoms with Crippen molar-refractivity contribution in [3.8, 4) is 11.5 Å². The van der Waals surface area contributed by atoms with E-state index in [1.54, 1.807) is 0 Å². The standard InChI is InChI=1S/C33H51NO3S.ClH/c1-8-9-11-14-23(2)24(3)25-19-28(30-26-21-38-22-27(26)33(6,7)37-29(30)20-25)36-31(35)32(4,5)15-18-34-16-12-10-13-17-34;/h19-20,23-24H,8-18,21-22H2,1-7H3;1H. The summed E-state index contributed by atoms with van der Waals surface area (Å²) in [5, 5.41) is 0. The Bertz CT molecular complexity index is 1030. The maximum absolute atomic E-state index is 13.7. The number of hydrogen-bond donors (Lipinski definition) is 0. The highest BCUT2D eigenvalue weighted by Crippen LogP contribution is 2.51. The van der Waals surface area contributed by atoms with Gasteiger partial charge < -0.3 is 14.4 Å². The molecule has 1 saturated heterocycles. The van der Waals surface area contributed by atoms with Gasteiger partial charge in [0, 0.05) is 11.5 Å². The molecule has 220 valence electrons. The number of piperidine rings is 1. The smallest absolute Gasteiger partial charge is 0.316 e. The summed E-state index contributed by atoms with van der Waals surface area (Å²) in [7, 11) is 0. The highest BCUT2D eigenvalue weighted by molar-refractivity contribution is 8.00. The van der Waals surface area contributed by atoms with Crippen molar-refractivity contribution in [1.82, 2.24) is 4.90 Å². The number of carbonyl (C=O) groups excluding carboxylic acids is 1. The van der Waals surface area contributed by atoms with Crippen LogP contribution in [0.1, 0.15) is 117 Å². The summed E-state index contributed by atoms with van der Waals surface area (Å²) in [4.78, 5) is 16.2. The maximum Gasteiger partial charge on any atom is 0.316 e. The quantitative estimate of drug-likeness (QED) is 0.149. The lowest BCUT2D eigenvalue weighted by atomic mass is 9.82. The average molecular weight is 578 g/mol. The van der Waals surface area contributed by atoms with Gasteiger partial charge in [-0.25, -0.2) is 0 Å². The number of thioether (sulfide) groups is 1. The zero-order valence-electron chi connectivity index (χ0n) is 25.5. The molecule has 0 bridgehead atoms. The van der Waals surface area contributed by atoms with Crippen LogP contribution in [0.5, 0.6) is 11.5 Å². The van der Waals surface area contributed by atoms with E-state index in [9.17, 15) is 4.79 Å². The molecule has 2 atom stereocenters. The van der Waals surface area contributed by atoms with Gasteiger partial charge in [0.2, 0.25) is 0 Å². The molecule has 0 saturated carbocycles. The van der Waals surface area contributed by atoms with Crippen molar-refractivity contribution in [3.63, 3.8) is 0 Å². The fraction of sp³-hybridized carbons (Fsp3) is 0.727. The van der Waals surface area contributed by atoms with Crippen LogP contribution in [0.15, 0.2) is 17.7 Å². The highest BCUT2D eigenvalue weighted by atomic mass is 35.5. The second-order valence-corrected chi connectivity index (χ2v) is 14.1. The number of ether oxygens (including phenoxy) is 2. The van der Waals surface area contributed by atoms with E-state index in [0.29, 0.717) is 17.6 Å². The van der Waals surface area contributed by atoms with Crippen molar-refractivity contribution in [1.29, 1.82) is 0 Å². The highest BCUT2D eigenvalue weighted by Gasteiger charge is 2.40. The largest absolute Gasteiger partial charge is 0.483 e. The Morgan fingerprint density at radius 3 is 2.54 bits per heavy atom. The van der Waals surface area contributed by atoms with Crippen LogP contribution in [0.3, 0.4) is 0 Å². The number of likely N-dealkylation sites (tertiary alicyclic amines) is 1. The van der Waals surface area contributed by atoms with Crippen LogP contribution in [0.25, 0.3) is 5.57 Å². The Hall–Kier alpha value is -1.17. The van der Waals surface area contributed by atoms with Gasteiger partial charge in [0.25, 0.3) is 0 Å². The third-order valence-corrected chi connectivity index (χ3v) is 10.2. The number of fused-ring (bicyclic) bond motifs is 2. The molecule has 0 aliphatic carbocycles. The second-order valence-electron chi connectivity index (χ2n) is 13.1. The predicted octanol–water partition coefficient (Wildman–Crippen LogP) is 8.91. The van der Waals surface area contributed by atoms with Crippen LogP contribution in [0.2, 0.25) is 0 Å². The molecule has 3 aliphatic rings. The summed E-state index contributed by atoms with van der Waals surface area (Å²) in [5.41, 5.74) is 3.99. The molecule has 6 heteroatoms. The van der Waals surface area contributed by atoms with E-state index in [4.69, 9.17) is 9.47 Å². The second kappa shape index (κ2) is 13.7. The van der Waals surface area contributed by atoms with Crippen LogP contribution in [-0.2, 0) is 4.79 Å². The van der Waals surface area contributed by atoms with Gasteiger partial charge in [-0.2, -0.15) is 11.8 Å². The van der Waals surface area contributed by atoms with E-state index < -0.39 is 5.41 Å². The Labute approximate surface area is 248 Å². The summed E-state index contributed by atoms with van der Waals surface area (Å²) in [6.45, 7) is 18.6. The number of unbranched alkanes of at least 4 members (excludes halogenated alkanes) is 2. The molecule has 39 heavy (non-hydrogen) atoms. The fourth-order valence-corrected chi connectivity index (χ4v) is 7.46. The van der Waals surface area contributed by atoms with E-state index in [-0.39, 0.29) is 24.0 Å². The molecular weight excluding hydrogens is 526 g/mol. The number of esters is 1. The first-order chi connectivity index (χ1) is 18.0. The molecule has 1 aromatic rings. The summed E-state index contributed by atoms with van der Waals surface area (Å²) in [6.07, 6.45) is 9.67. The first-order valence-electron chi connectivity index (χ1n) is 15.2. The van der Waals surface area contributed by atoms with Gasteiger partial charge in [0.15, 0.2) is 0 Å². The van der Waals surface area contributed by atoms with E-state index in [1.807, 2.05) is 25.6 Å². The van der Waals surface area contributed by atoms with Crippen LogP contribution in [0.4, 0.5) is 0 Å². The normalized spacial score (nSPS) is 20.4. The van der Waals surface area contributed by atoms with Crippen molar-refractivity contribution in [2.75, 3.05) is 31.1 Å². The molecule has 1 fully saturated rings. The molecule has 0 aromatic heterocycles. The van der Waals surface area contributed by atoms with E-state index in [1.165, 1.54) is 61.7 Å². The zero-order chi connectivity index (χ0) is 27.5. The van der Waals surface area contributed by atoms with Crippen molar-refractivity contribution in [3.05, 3.63) is 28.8 Å². The van der Waals surface area contributed by atoms with Crippen LogP contribution >= 0.6 is 24.2 Å². The Morgan fingerprint density at radius 2 is 1.85 bits per heavy atom. The summed E-state index contributed by atoms with van der Waals surface area (Å²) in [5.74, 6) is 4.29. The summed E-state index contributed by atoms with van der Waals surface area (Å²) < 4.78 is 13.0. The minimum absolute atomic E-state index is 0. The third kappa shape index (κ3) is 7.57. The first kappa shape index (κ1) is 32.3. The van der Waals surface area contributed by atoms with Gasteiger partial charge in [-0.1, -0.05) is 52.9 Å². The summed E-state index contributed by atoms with van der Waals surface area (Å²) >= 11 is 1.93. The minimum Gasteiger partial charge on any atom is -0.483 e. The molecule has 0 amide bonds. The van der Waals surface area contributed by atoms with E-state index >= 15 is 0 Å². The van der Waals surface area contributed by atoms with E-state index in [0.717, 1.165) is 48.9 Å². The van der Waals surface area contributed by atoms with Crippen molar-refractivity contribution < 1.29 is 14.3 Å². The number of nitrogens with zero attached hydrogens (tertiary/aromatic N) is 1. The Balaban J connectivity index is 0.00000420. The summed E-state index contributed by atoms with van der Waals surface area (Å²) in [6, 6.07) is 4.40. The maximum atomic E-state index is 13.7. The molecule has 3 aliphatic heterocycles. The van der Waals surface area contributed by atoms with Gasteiger partial charge >= 0.3 is 5.97 Å². The first-order valence-corrected chi connectivity index (χ1v) is 16.3. The molecule has 0 N–H and O–H groups in total. The number of rotatable bonds is 11. The molecule has 2 unspecified atom stereocenters. The average Bonchev–Trinajstić information content (AvgIpc) is 3.38. The van der Waals surface area contributed by atoms with Crippen LogP contribution in [0, 0.1) is 11.3 Å². The lowest BCUT2D eigenvalue weighted by Gasteiger charge is -2.36. The molecule has 1 aromatic carbocycles. The number of hydrogen-bond acceptors (Lipinski definition) is 5. The lowest BCUT2D eigenvalue weighted by molar-refractivity contribution is -0.144. The van der Waals surface area contributed by atoms with E-state index in [2.05, 4.69) is 51.7 Å². The Morgan fingerprint density at radius 1 is 1.13 bits per heavy atom. The van der Waals surface area contributed by atoms with Crippen LogP contribution in [-0.4, -0.2) is 47.6 Å². The topological polar surface area (TPSA) is 38.8 Å². The molecule has 0 radical (unpaired) electrons. The molecule has 4 rings (SSSR count). The van der Waals surface area contributed by atoms with Crippen LogP contribution < -0.4 is 9.47 Å². The molecule has 0 spiro atoms. The van der Waals surface area contributed by atoms with Crippen molar-refractivity contribution in [2.45, 2.75) is 111 Å². The Kier molecular flexibility index (Phi) is 11.3. The molecule has 3 heterocycles. The van der Waals surface area contributed by atoms with Gasteiger partial charge in [-0.3, -0.25) is 4.79 Å². The lowest BCUT2D eigenvalue weighted by Crippen LogP contribution is -2.37.